The van der Waals surface area contributed by atoms with Crippen molar-refractivity contribution in [1.29, 1.82) is 0 Å². The second-order valence-electron chi connectivity index (χ2n) is 4.44. The van der Waals surface area contributed by atoms with Gasteiger partial charge in [0.15, 0.2) is 0 Å². The lowest BCUT2D eigenvalue weighted by molar-refractivity contribution is -0.128. The van der Waals surface area contributed by atoms with Crippen LogP contribution < -0.4 is 0 Å². The zero-order chi connectivity index (χ0) is 14.1. The molecule has 20 heavy (non-hydrogen) atoms. The Morgan fingerprint density at radius 1 is 1.35 bits per heavy atom. The Hall–Kier alpha value is -1.89. The molecule has 0 spiro atoms. The zero-order valence-electron chi connectivity index (χ0n) is 10.3. The van der Waals surface area contributed by atoms with Crippen molar-refractivity contribution in [3.8, 4) is 0 Å². The van der Waals surface area contributed by atoms with Crippen molar-refractivity contribution in [3.63, 3.8) is 0 Å². The first-order chi connectivity index (χ1) is 9.63. The summed E-state index contributed by atoms with van der Waals surface area (Å²) in [5.74, 6) is -0.357. The van der Waals surface area contributed by atoms with Crippen LogP contribution in [-0.4, -0.2) is 26.5 Å². The number of aromatic amines is 1. The van der Waals surface area contributed by atoms with Gasteiger partial charge in [0.25, 0.3) is 0 Å². The number of hydrogen-bond acceptors (Lipinski definition) is 3. The molecule has 0 aliphatic carbocycles. The average molecular weight is 295 g/mol. The minimum absolute atomic E-state index is 0.0685. The van der Waals surface area contributed by atoms with Gasteiger partial charge in [-0.25, -0.2) is 13.8 Å². The molecule has 0 bridgehead atoms. The third kappa shape index (κ3) is 2.53. The van der Waals surface area contributed by atoms with Crippen LogP contribution in [0, 0.1) is 11.6 Å². The summed E-state index contributed by atoms with van der Waals surface area (Å²) in [5.41, 5.74) is 0.426. The largest absolute Gasteiger partial charge is 0.346 e. The van der Waals surface area contributed by atoms with E-state index in [1.165, 1.54) is 23.9 Å². The summed E-state index contributed by atoms with van der Waals surface area (Å²) in [5, 5.41) is -0.246. The smallest absolute Gasteiger partial charge is 0.234 e. The van der Waals surface area contributed by atoms with Gasteiger partial charge in [-0.05, 0) is 17.7 Å². The molecular formula is C13H11F2N3OS. The minimum Gasteiger partial charge on any atom is -0.346 e. The molecule has 1 aliphatic rings. The first-order valence-electron chi connectivity index (χ1n) is 5.99. The van der Waals surface area contributed by atoms with Gasteiger partial charge in [-0.3, -0.25) is 4.79 Å². The predicted molar refractivity (Wildman–Crippen MR) is 70.7 cm³/mol. The molecule has 1 N–H and O–H groups in total. The second kappa shape index (κ2) is 5.24. The van der Waals surface area contributed by atoms with Crippen molar-refractivity contribution in [1.82, 2.24) is 14.9 Å². The Morgan fingerprint density at radius 2 is 2.10 bits per heavy atom. The number of amides is 1. The molecule has 104 valence electrons. The highest BCUT2D eigenvalue weighted by molar-refractivity contribution is 8.00. The number of nitrogens with one attached hydrogen (secondary N) is 1. The molecule has 1 saturated heterocycles. The van der Waals surface area contributed by atoms with Gasteiger partial charge in [0.05, 0.1) is 5.75 Å². The highest BCUT2D eigenvalue weighted by Crippen LogP contribution is 2.37. The molecule has 1 atom stereocenters. The van der Waals surface area contributed by atoms with Gasteiger partial charge >= 0.3 is 0 Å². The summed E-state index contributed by atoms with van der Waals surface area (Å²) in [7, 11) is 0. The van der Waals surface area contributed by atoms with E-state index in [4.69, 9.17) is 0 Å². The lowest BCUT2D eigenvalue weighted by atomic mass is 10.2. The number of hydrogen-bond donors (Lipinski definition) is 1. The van der Waals surface area contributed by atoms with E-state index in [2.05, 4.69) is 9.97 Å². The maximum absolute atomic E-state index is 13.2. The number of halogens is 2. The molecule has 1 aromatic carbocycles. The third-order valence-corrected chi connectivity index (χ3v) is 4.20. The van der Waals surface area contributed by atoms with Gasteiger partial charge in [-0.1, -0.05) is 0 Å². The summed E-state index contributed by atoms with van der Waals surface area (Å²) in [6.45, 7) is 0.159. The van der Waals surface area contributed by atoms with Gasteiger partial charge < -0.3 is 9.88 Å². The quantitative estimate of drug-likeness (QED) is 0.946. The number of carbonyl (C=O) groups excluding carboxylic acids is 1. The van der Waals surface area contributed by atoms with Crippen LogP contribution in [0.5, 0.6) is 0 Å². The number of aromatic nitrogens is 2. The van der Waals surface area contributed by atoms with E-state index in [-0.39, 0.29) is 17.8 Å². The number of nitrogens with zero attached hydrogens (tertiary/aromatic N) is 2. The van der Waals surface area contributed by atoms with Gasteiger partial charge in [-0.2, -0.15) is 0 Å². The zero-order valence-corrected chi connectivity index (χ0v) is 11.2. The third-order valence-electron chi connectivity index (χ3n) is 3.00. The number of imidazole rings is 1. The molecule has 1 aliphatic heterocycles. The number of H-pyrrole nitrogens is 1. The number of benzene rings is 1. The highest BCUT2D eigenvalue weighted by Gasteiger charge is 2.34. The SMILES string of the molecule is O=C1CSC(c2ncc[nH]2)N1Cc1cc(F)cc(F)c1. The molecule has 0 radical (unpaired) electrons. The van der Waals surface area contributed by atoms with E-state index >= 15 is 0 Å². The van der Waals surface area contributed by atoms with Crippen LogP contribution in [0.25, 0.3) is 0 Å². The second-order valence-corrected chi connectivity index (χ2v) is 5.51. The van der Waals surface area contributed by atoms with Gasteiger partial charge in [-0.15, -0.1) is 11.8 Å². The average Bonchev–Trinajstić information content (AvgIpc) is 2.99. The molecule has 2 heterocycles. The topological polar surface area (TPSA) is 49.0 Å². The number of thioether (sulfide) groups is 1. The summed E-state index contributed by atoms with van der Waals surface area (Å²) >= 11 is 1.44. The molecule has 3 rings (SSSR count). The van der Waals surface area contributed by atoms with E-state index in [1.807, 2.05) is 0 Å². The van der Waals surface area contributed by atoms with Crippen LogP contribution in [0.2, 0.25) is 0 Å². The standard InChI is InChI=1S/C13H11F2N3OS/c14-9-3-8(4-10(15)5-9)6-18-11(19)7-20-13(18)12-16-1-2-17-12/h1-5,13H,6-7H2,(H,16,17). The summed E-state index contributed by atoms with van der Waals surface area (Å²) in [6.07, 6.45) is 3.29. The molecule has 4 nitrogen and oxygen atoms in total. The molecule has 1 aromatic heterocycles. The molecule has 0 saturated carbocycles. The van der Waals surface area contributed by atoms with Crippen LogP contribution in [0.3, 0.4) is 0 Å². The minimum atomic E-state index is -0.645. The normalized spacial score (nSPS) is 18.8. The van der Waals surface area contributed by atoms with Crippen LogP contribution in [0.4, 0.5) is 8.78 Å². The molecule has 2 aromatic rings. The van der Waals surface area contributed by atoms with Crippen LogP contribution in [-0.2, 0) is 11.3 Å². The molecule has 1 fully saturated rings. The van der Waals surface area contributed by atoms with Crippen molar-refractivity contribution in [2.75, 3.05) is 5.75 Å². The fourth-order valence-corrected chi connectivity index (χ4v) is 3.29. The summed E-state index contributed by atoms with van der Waals surface area (Å²) in [4.78, 5) is 20.6. The molecular weight excluding hydrogens is 284 g/mol. The van der Waals surface area contributed by atoms with Crippen molar-refractivity contribution in [2.45, 2.75) is 11.9 Å². The van der Waals surface area contributed by atoms with Crippen molar-refractivity contribution in [3.05, 3.63) is 53.6 Å². The Balaban J connectivity index is 1.85. The monoisotopic (exact) mass is 295 g/mol. The molecule has 1 amide bonds. The Bertz CT molecular complexity index is 612. The lowest BCUT2D eigenvalue weighted by Gasteiger charge is -2.22. The molecule has 1 unspecified atom stereocenters. The van der Waals surface area contributed by atoms with Crippen LogP contribution in [0.15, 0.2) is 30.6 Å². The Morgan fingerprint density at radius 3 is 2.75 bits per heavy atom. The fraction of sp³-hybridized carbons (Fsp3) is 0.231. The van der Waals surface area contributed by atoms with E-state index in [0.717, 1.165) is 6.07 Å². The van der Waals surface area contributed by atoms with Gasteiger partial charge in [0.1, 0.15) is 22.8 Å². The lowest BCUT2D eigenvalue weighted by Crippen LogP contribution is -2.28. The Labute approximate surface area is 118 Å². The van der Waals surface area contributed by atoms with E-state index in [1.54, 1.807) is 17.3 Å². The van der Waals surface area contributed by atoms with Crippen molar-refractivity contribution < 1.29 is 13.6 Å². The van der Waals surface area contributed by atoms with Gasteiger partial charge in [0.2, 0.25) is 5.91 Å². The van der Waals surface area contributed by atoms with Crippen molar-refractivity contribution >= 4 is 17.7 Å². The summed E-state index contributed by atoms with van der Waals surface area (Å²) < 4.78 is 26.4. The van der Waals surface area contributed by atoms with E-state index in [9.17, 15) is 13.6 Å². The van der Waals surface area contributed by atoms with Crippen molar-refractivity contribution in [2.24, 2.45) is 0 Å². The van der Waals surface area contributed by atoms with Crippen LogP contribution >= 0.6 is 11.8 Å². The Kier molecular flexibility index (Phi) is 3.43. The van der Waals surface area contributed by atoms with E-state index < -0.39 is 11.6 Å². The maximum atomic E-state index is 13.2. The number of carbonyl (C=O) groups is 1. The van der Waals surface area contributed by atoms with Gasteiger partial charge in [0, 0.05) is 25.0 Å². The molecule has 7 heteroatoms. The highest BCUT2D eigenvalue weighted by atomic mass is 32.2. The summed E-state index contributed by atoms with van der Waals surface area (Å²) in [6, 6.07) is 3.28. The fourth-order valence-electron chi connectivity index (χ4n) is 2.16. The van der Waals surface area contributed by atoms with E-state index in [0.29, 0.717) is 17.1 Å². The number of rotatable bonds is 3. The first-order valence-corrected chi connectivity index (χ1v) is 7.03. The maximum Gasteiger partial charge on any atom is 0.234 e. The van der Waals surface area contributed by atoms with Crippen LogP contribution in [0.1, 0.15) is 16.8 Å². The first kappa shape index (κ1) is 13.1. The predicted octanol–water partition coefficient (Wildman–Crippen LogP) is 2.46.